The van der Waals surface area contributed by atoms with Crippen LogP contribution in [-0.2, 0) is 0 Å². The minimum Gasteiger partial charge on any atom is -0.457 e. The highest BCUT2D eigenvalue weighted by atomic mass is 16.3. The lowest BCUT2D eigenvalue weighted by molar-refractivity contribution is 0.674. The van der Waals surface area contributed by atoms with Gasteiger partial charge in [-0.25, -0.2) is 15.0 Å². The predicted octanol–water partition coefficient (Wildman–Crippen LogP) is -22.2. The molecule has 0 atom stereocenters. The van der Waals surface area contributed by atoms with Gasteiger partial charge in [-0.2, -0.15) is 0 Å². The Bertz CT molecular complexity index is 4320. The van der Waals surface area contributed by atoms with Crippen molar-refractivity contribution in [3.05, 3.63) is 0 Å². The third kappa shape index (κ3) is 7.52. The molecule has 0 amide bonds. The molecule has 0 unspecified atom stereocenters. The van der Waals surface area contributed by atoms with Crippen molar-refractivity contribution in [1.29, 1.82) is 0 Å². The Hall–Kier alpha value is -5.03. The molecule has 33 heteroatoms. The summed E-state index contributed by atoms with van der Waals surface area (Å²) < 4.78 is 8.04. The standard InChI is InChI=1S/C45B28N4O/c46-10-2(1-11(47)23(59)30(66)24(60)12(1)48)21(57)38-3(13(10)49)4-14(50)25(61)33(69)35(71)39(4)77(38)40-6-5-15(51)16(52)9(22(58)41(5)78-42(6)37(73)34(70)36(40)72)45-75-43(7-17(53)26(62)31(67)27(63)18(7)54)74-44(76-45)8-19(55)28(64)32(68)29(65)20(8)56. The highest BCUT2D eigenvalue weighted by Gasteiger charge is 2.31. The summed E-state index contributed by atoms with van der Waals surface area (Å²) in [5, 5.41) is 0.152. The molecule has 0 aliphatic carbocycles. The summed E-state index contributed by atoms with van der Waals surface area (Å²) in [6.45, 7) is 0. The molecule has 0 saturated carbocycles. The first kappa shape index (κ1) is 56.3. The molecule has 78 heavy (non-hydrogen) atoms. The summed E-state index contributed by atoms with van der Waals surface area (Å²) in [5.41, 5.74) is -5.75. The second-order valence-electron chi connectivity index (χ2n) is 18.4. The van der Waals surface area contributed by atoms with Crippen LogP contribution < -0.4 is 153 Å². The normalized spacial score (nSPS) is 11.7. The minimum atomic E-state index is -0.332. The zero-order valence-electron chi connectivity index (χ0n) is 40.9. The minimum absolute atomic E-state index is 0.000987. The zero-order chi connectivity index (χ0) is 57.4. The Morgan fingerprint density at radius 2 is 0.462 bits per heavy atom. The van der Waals surface area contributed by atoms with Crippen LogP contribution in [0.3, 0.4) is 0 Å². The zero-order valence-corrected chi connectivity index (χ0v) is 40.9. The molecule has 5 nitrogen and oxygen atoms in total. The van der Waals surface area contributed by atoms with Gasteiger partial charge in [0, 0.05) is 33.1 Å². The van der Waals surface area contributed by atoms with Crippen LogP contribution >= 0.6 is 0 Å². The Labute approximate surface area is 488 Å². The molecule has 0 aliphatic rings. The molecule has 3 aromatic heterocycles. The number of aromatic nitrogens is 4. The van der Waals surface area contributed by atoms with Crippen LogP contribution in [0.25, 0.3) is 94.7 Å². The van der Waals surface area contributed by atoms with Crippen molar-refractivity contribution < 1.29 is 4.42 Å². The van der Waals surface area contributed by atoms with Crippen LogP contribution in [0.2, 0.25) is 0 Å². The number of fused-ring (bicyclic) bond motifs is 6. The maximum Gasteiger partial charge on any atom is 0.163 e. The van der Waals surface area contributed by atoms with Gasteiger partial charge in [0.1, 0.15) is 231 Å². The molecule has 0 N–H and O–H groups in total. The summed E-state index contributed by atoms with van der Waals surface area (Å²) in [4.78, 5) is 14.1. The van der Waals surface area contributed by atoms with Gasteiger partial charge in [0.25, 0.3) is 0 Å². The first-order valence-corrected chi connectivity index (χ1v) is 22.5. The molecule has 56 radical (unpaired) electrons. The van der Waals surface area contributed by atoms with Gasteiger partial charge in [-0.05, 0) is 27.4 Å². The highest BCUT2D eigenvalue weighted by molar-refractivity contribution is 6.75. The Morgan fingerprint density at radius 3 is 0.885 bits per heavy atom. The van der Waals surface area contributed by atoms with Crippen molar-refractivity contribution in [2.24, 2.45) is 0 Å². The van der Waals surface area contributed by atoms with E-state index in [-0.39, 0.29) is 248 Å². The number of hydrogen-bond acceptors (Lipinski definition) is 4. The quantitative estimate of drug-likeness (QED) is 0.161. The fraction of sp³-hybridized carbons (Fsp3) is 0. The van der Waals surface area contributed by atoms with E-state index in [0.29, 0.717) is 0 Å². The number of hydrogen-bond donors (Lipinski definition) is 0. The fourth-order valence-corrected chi connectivity index (χ4v) is 10.0. The fourth-order valence-electron chi connectivity index (χ4n) is 10.0. The highest BCUT2D eigenvalue weighted by Crippen LogP contribution is 2.35. The summed E-state index contributed by atoms with van der Waals surface area (Å²) >= 11 is 0. The molecular formula is C45B28N4O. The maximum atomic E-state index is 7.28. The second-order valence-corrected chi connectivity index (χ2v) is 18.4. The monoisotopic (exact) mass is 920 g/mol. The van der Waals surface area contributed by atoms with E-state index >= 15 is 0 Å². The van der Waals surface area contributed by atoms with Crippen LogP contribution in [0.15, 0.2) is 4.42 Å². The predicted molar refractivity (Wildman–Crippen MR) is 354 cm³/mol. The molecule has 3 heterocycles. The van der Waals surface area contributed by atoms with Crippen molar-refractivity contribution in [3.8, 4) is 51.0 Å². The third-order valence-corrected chi connectivity index (χ3v) is 14.4. The number of benzene rings is 7. The molecule has 0 bridgehead atoms. The van der Waals surface area contributed by atoms with E-state index in [0.717, 1.165) is 0 Å². The Morgan fingerprint density at radius 1 is 0.205 bits per heavy atom. The molecule has 0 aliphatic heterocycles. The largest absolute Gasteiger partial charge is 0.457 e. The Balaban J connectivity index is 1.39. The average Bonchev–Trinajstić information content (AvgIpc) is 3.70. The first-order chi connectivity index (χ1) is 36.4. The van der Waals surface area contributed by atoms with E-state index in [2.05, 4.69) is 4.98 Å². The van der Waals surface area contributed by atoms with E-state index < -0.39 is 0 Å². The number of furan rings is 1. The molecule has 290 valence electrons. The van der Waals surface area contributed by atoms with Crippen LogP contribution in [-0.4, -0.2) is 239 Å². The van der Waals surface area contributed by atoms with Crippen molar-refractivity contribution in [1.82, 2.24) is 19.5 Å². The van der Waals surface area contributed by atoms with Crippen molar-refractivity contribution in [3.63, 3.8) is 0 Å². The van der Waals surface area contributed by atoms with Crippen molar-refractivity contribution in [2.45, 2.75) is 0 Å². The van der Waals surface area contributed by atoms with Gasteiger partial charge in [-0.15, -0.1) is 65.6 Å². The third-order valence-electron chi connectivity index (χ3n) is 14.4. The van der Waals surface area contributed by atoms with E-state index in [1.807, 2.05) is 0 Å². The smallest absolute Gasteiger partial charge is 0.163 e. The van der Waals surface area contributed by atoms with Gasteiger partial charge < -0.3 is 8.98 Å². The summed E-state index contributed by atoms with van der Waals surface area (Å²) in [7, 11) is 186. The lowest BCUT2D eigenvalue weighted by atomic mass is 9.57. The lowest BCUT2D eigenvalue weighted by Gasteiger charge is -2.27. The van der Waals surface area contributed by atoms with E-state index in [1.54, 1.807) is 0 Å². The molecule has 0 spiro atoms. The lowest BCUT2D eigenvalue weighted by Crippen LogP contribution is -2.56. The molecule has 10 aromatic rings. The summed E-state index contributed by atoms with van der Waals surface area (Å²) in [6.07, 6.45) is 0. The van der Waals surface area contributed by atoms with Crippen LogP contribution in [0.5, 0.6) is 0 Å². The Kier molecular flexibility index (Phi) is 13.9. The molecule has 10 rings (SSSR count). The number of rotatable bonds is 5. The van der Waals surface area contributed by atoms with Crippen LogP contribution in [0.4, 0.5) is 0 Å². The van der Waals surface area contributed by atoms with E-state index in [9.17, 15) is 0 Å². The maximum absolute atomic E-state index is 7.28. The molecule has 7 aromatic carbocycles. The van der Waals surface area contributed by atoms with Gasteiger partial charge in [0.15, 0.2) is 17.5 Å². The second kappa shape index (κ2) is 19.3. The summed E-state index contributed by atoms with van der Waals surface area (Å²) in [6, 6.07) is 0. The van der Waals surface area contributed by atoms with Gasteiger partial charge in [0.05, 0.1) is 11.1 Å². The number of nitrogens with zero attached hydrogens (tertiary/aromatic N) is 4. The molecule has 0 fully saturated rings. The van der Waals surface area contributed by atoms with E-state index in [4.69, 9.17) is 234 Å². The van der Waals surface area contributed by atoms with Crippen LogP contribution in [0.1, 0.15) is 0 Å². The topological polar surface area (TPSA) is 56.7 Å². The van der Waals surface area contributed by atoms with Gasteiger partial charge in [-0.1, -0.05) is 81.9 Å². The SMILES string of the molecule is [B]c1c([B])c([B])c(-c2nc(-c3c([B])c([B])c([B])c([B])c3[B])nc(-c3c([B])c([B])c4c(oc5c([B])c([B])c([B])c(-n6c7c([B])c([B])c([B])c([B])c7c7c([B])c([B])c(-c8c([B])c([B])c([B])c([B])c8[B])c([B])c76)c54)c3[B])n2)c([B])c1[B]. The summed E-state index contributed by atoms with van der Waals surface area (Å²) in [5.74, 6) is -0.919. The average molecular weight is 915 g/mol. The van der Waals surface area contributed by atoms with Crippen molar-refractivity contribution >= 4 is 416 Å². The van der Waals surface area contributed by atoms with Gasteiger partial charge in [-0.3, -0.25) is 0 Å². The molecular weight excluding hydrogens is 915 g/mol. The van der Waals surface area contributed by atoms with Crippen LogP contribution in [0, 0.1) is 0 Å². The van der Waals surface area contributed by atoms with E-state index in [1.165, 1.54) is 4.57 Å². The first-order valence-electron chi connectivity index (χ1n) is 22.5. The van der Waals surface area contributed by atoms with Crippen molar-refractivity contribution in [2.75, 3.05) is 0 Å². The molecule has 0 saturated heterocycles. The van der Waals surface area contributed by atoms with Gasteiger partial charge >= 0.3 is 0 Å². The van der Waals surface area contributed by atoms with Gasteiger partial charge in [0.2, 0.25) is 0 Å².